The number of nitrogens with one attached hydrogen (secondary N) is 1. The maximum absolute atomic E-state index is 13.3. The van der Waals surface area contributed by atoms with Crippen LogP contribution in [-0.2, 0) is 0 Å². The lowest BCUT2D eigenvalue weighted by atomic mass is 9.84. The van der Waals surface area contributed by atoms with Crippen molar-refractivity contribution in [1.82, 2.24) is 5.32 Å². The fourth-order valence-electron chi connectivity index (χ4n) is 2.20. The summed E-state index contributed by atoms with van der Waals surface area (Å²) in [5.41, 5.74) is 0. The summed E-state index contributed by atoms with van der Waals surface area (Å²) in [7, 11) is 1.97. The van der Waals surface area contributed by atoms with E-state index in [1.54, 1.807) is 0 Å². The van der Waals surface area contributed by atoms with Crippen LogP contribution in [-0.4, -0.2) is 19.8 Å². The number of halogens is 1. The van der Waals surface area contributed by atoms with E-state index in [-0.39, 0.29) is 0 Å². The number of hydrogen-bond donors (Lipinski definition) is 1. The number of hydrogen-bond acceptors (Lipinski definition) is 1. The van der Waals surface area contributed by atoms with Gasteiger partial charge in [0.2, 0.25) is 0 Å². The topological polar surface area (TPSA) is 12.0 Å². The van der Waals surface area contributed by atoms with Crippen LogP contribution >= 0.6 is 0 Å². The second-order valence-electron chi connectivity index (χ2n) is 4.16. The third-order valence-electron chi connectivity index (χ3n) is 3.07. The monoisotopic (exact) mass is 187 g/mol. The predicted octanol–water partition coefficient (Wildman–Crippen LogP) is 2.90. The Balaban J connectivity index is 2.05. The zero-order valence-corrected chi connectivity index (χ0v) is 8.69. The van der Waals surface area contributed by atoms with Crippen molar-refractivity contribution in [3.63, 3.8) is 0 Å². The Morgan fingerprint density at radius 3 is 2.69 bits per heavy atom. The summed E-state index contributed by atoms with van der Waals surface area (Å²) in [6.45, 7) is 1.07. The third-order valence-corrected chi connectivity index (χ3v) is 3.07. The Hall–Kier alpha value is -0.110. The van der Waals surface area contributed by atoms with Gasteiger partial charge < -0.3 is 5.32 Å². The van der Waals surface area contributed by atoms with E-state index in [1.807, 2.05) is 7.05 Å². The van der Waals surface area contributed by atoms with Crippen LogP contribution in [0.5, 0.6) is 0 Å². The van der Waals surface area contributed by atoms with Gasteiger partial charge in [-0.05, 0) is 45.2 Å². The van der Waals surface area contributed by atoms with Gasteiger partial charge >= 0.3 is 0 Å². The van der Waals surface area contributed by atoms with Crippen molar-refractivity contribution in [2.45, 2.75) is 51.1 Å². The molecule has 13 heavy (non-hydrogen) atoms. The lowest BCUT2D eigenvalue weighted by molar-refractivity contribution is 0.155. The molecular weight excluding hydrogens is 165 g/mol. The predicted molar refractivity (Wildman–Crippen MR) is 54.6 cm³/mol. The molecule has 0 bridgehead atoms. The lowest BCUT2D eigenvalue weighted by Crippen LogP contribution is -2.20. The molecule has 1 rings (SSSR count). The van der Waals surface area contributed by atoms with Gasteiger partial charge in [0.1, 0.15) is 6.17 Å². The van der Waals surface area contributed by atoms with Crippen LogP contribution in [0.4, 0.5) is 4.39 Å². The zero-order chi connectivity index (χ0) is 9.52. The second-order valence-corrected chi connectivity index (χ2v) is 4.16. The van der Waals surface area contributed by atoms with Crippen LogP contribution < -0.4 is 5.32 Å². The van der Waals surface area contributed by atoms with Crippen molar-refractivity contribution in [2.75, 3.05) is 13.6 Å². The van der Waals surface area contributed by atoms with E-state index in [2.05, 4.69) is 5.32 Å². The molecule has 2 heteroatoms. The van der Waals surface area contributed by atoms with Gasteiger partial charge in [-0.1, -0.05) is 19.3 Å². The van der Waals surface area contributed by atoms with Crippen molar-refractivity contribution in [3.8, 4) is 0 Å². The zero-order valence-electron chi connectivity index (χ0n) is 8.69. The standard InChI is InChI=1S/C11H22FN/c1-13-9-5-4-7-10-6-2-3-8-11(10)12/h10-11,13H,2-9H2,1H3. The molecule has 0 aliphatic heterocycles. The lowest BCUT2D eigenvalue weighted by Gasteiger charge is -2.25. The van der Waals surface area contributed by atoms with Crippen LogP contribution in [0.2, 0.25) is 0 Å². The van der Waals surface area contributed by atoms with Gasteiger partial charge in [-0.15, -0.1) is 0 Å². The maximum Gasteiger partial charge on any atom is 0.103 e. The van der Waals surface area contributed by atoms with Crippen molar-refractivity contribution in [1.29, 1.82) is 0 Å². The summed E-state index contributed by atoms with van der Waals surface area (Å²) in [4.78, 5) is 0. The molecule has 1 saturated carbocycles. The Labute approximate surface area is 81.1 Å². The highest BCUT2D eigenvalue weighted by Gasteiger charge is 2.23. The molecule has 0 heterocycles. The molecule has 0 aromatic carbocycles. The average Bonchev–Trinajstić information content (AvgIpc) is 2.15. The summed E-state index contributed by atoms with van der Waals surface area (Å²) >= 11 is 0. The Bertz CT molecular complexity index is 127. The molecule has 0 saturated heterocycles. The molecule has 1 fully saturated rings. The molecule has 1 aliphatic carbocycles. The highest BCUT2D eigenvalue weighted by Crippen LogP contribution is 2.30. The van der Waals surface area contributed by atoms with Crippen molar-refractivity contribution in [2.24, 2.45) is 5.92 Å². The Morgan fingerprint density at radius 2 is 2.00 bits per heavy atom. The van der Waals surface area contributed by atoms with E-state index in [1.165, 1.54) is 19.3 Å². The van der Waals surface area contributed by atoms with E-state index in [9.17, 15) is 4.39 Å². The molecule has 0 aromatic heterocycles. The van der Waals surface area contributed by atoms with Gasteiger partial charge in [-0.25, -0.2) is 4.39 Å². The SMILES string of the molecule is CNCCCCC1CCCCC1F. The minimum absolute atomic E-state index is 0.380. The van der Waals surface area contributed by atoms with Crippen LogP contribution in [0.3, 0.4) is 0 Å². The Morgan fingerprint density at radius 1 is 1.23 bits per heavy atom. The molecule has 0 radical (unpaired) electrons. The molecular formula is C11H22FN. The summed E-state index contributed by atoms with van der Waals surface area (Å²) in [6.07, 6.45) is 7.28. The third kappa shape index (κ3) is 4.08. The molecule has 0 aromatic rings. The first-order valence-electron chi connectivity index (χ1n) is 5.63. The van der Waals surface area contributed by atoms with Gasteiger partial charge in [-0.2, -0.15) is 0 Å². The molecule has 0 spiro atoms. The van der Waals surface area contributed by atoms with Gasteiger partial charge in [0.15, 0.2) is 0 Å². The highest BCUT2D eigenvalue weighted by atomic mass is 19.1. The summed E-state index contributed by atoms with van der Waals surface area (Å²) in [5.74, 6) is 0.380. The van der Waals surface area contributed by atoms with E-state index in [0.717, 1.165) is 32.2 Å². The van der Waals surface area contributed by atoms with Crippen molar-refractivity contribution in [3.05, 3.63) is 0 Å². The Kier molecular flexibility index (Phi) is 5.37. The molecule has 2 unspecified atom stereocenters. The molecule has 1 aliphatic rings. The minimum Gasteiger partial charge on any atom is -0.320 e. The molecule has 0 amide bonds. The largest absolute Gasteiger partial charge is 0.320 e. The first-order chi connectivity index (χ1) is 6.34. The summed E-state index contributed by atoms with van der Waals surface area (Å²) in [6, 6.07) is 0. The van der Waals surface area contributed by atoms with E-state index in [0.29, 0.717) is 5.92 Å². The first-order valence-corrected chi connectivity index (χ1v) is 5.63. The molecule has 1 nitrogen and oxygen atoms in total. The van der Waals surface area contributed by atoms with Crippen LogP contribution in [0.15, 0.2) is 0 Å². The van der Waals surface area contributed by atoms with Crippen LogP contribution in [0, 0.1) is 5.92 Å². The molecule has 78 valence electrons. The summed E-state index contributed by atoms with van der Waals surface area (Å²) < 4.78 is 13.3. The fraction of sp³-hybridized carbons (Fsp3) is 1.00. The minimum atomic E-state index is -0.497. The van der Waals surface area contributed by atoms with E-state index >= 15 is 0 Å². The molecule has 1 N–H and O–H groups in total. The van der Waals surface area contributed by atoms with Crippen molar-refractivity contribution >= 4 is 0 Å². The number of alkyl halides is 1. The van der Waals surface area contributed by atoms with E-state index < -0.39 is 6.17 Å². The van der Waals surface area contributed by atoms with E-state index in [4.69, 9.17) is 0 Å². The highest BCUT2D eigenvalue weighted by molar-refractivity contribution is 4.74. The van der Waals surface area contributed by atoms with Gasteiger partial charge in [0.05, 0.1) is 0 Å². The van der Waals surface area contributed by atoms with Gasteiger partial charge in [-0.3, -0.25) is 0 Å². The second kappa shape index (κ2) is 6.36. The smallest absolute Gasteiger partial charge is 0.103 e. The van der Waals surface area contributed by atoms with Crippen molar-refractivity contribution < 1.29 is 4.39 Å². The van der Waals surface area contributed by atoms with Crippen LogP contribution in [0.25, 0.3) is 0 Å². The van der Waals surface area contributed by atoms with Gasteiger partial charge in [0, 0.05) is 0 Å². The average molecular weight is 187 g/mol. The van der Waals surface area contributed by atoms with Crippen LogP contribution in [0.1, 0.15) is 44.9 Å². The normalized spacial score (nSPS) is 29.1. The number of unbranched alkanes of at least 4 members (excludes halogenated alkanes) is 1. The summed E-state index contributed by atoms with van der Waals surface area (Å²) in [5, 5.41) is 3.12. The first kappa shape index (κ1) is 11.0. The fourth-order valence-corrected chi connectivity index (χ4v) is 2.20. The van der Waals surface area contributed by atoms with Gasteiger partial charge in [0.25, 0.3) is 0 Å². The number of rotatable bonds is 5. The molecule has 2 atom stereocenters. The quantitative estimate of drug-likeness (QED) is 0.653. The maximum atomic E-state index is 13.3.